The van der Waals surface area contributed by atoms with Crippen molar-refractivity contribution in [3.63, 3.8) is 0 Å². The monoisotopic (exact) mass is 377 g/mol. The summed E-state index contributed by atoms with van der Waals surface area (Å²) in [5.74, 6) is -1.08. The molecule has 3 rings (SSSR count). The molecule has 0 aliphatic carbocycles. The number of carbonyl (C=O) groups excluding carboxylic acids is 2. The molecule has 1 aliphatic rings. The SMILES string of the molecule is O=C(Oc1ccc(Br)cc1)[C@@H]1CC(=O)N(c2ccc(F)cc2)C1. The fourth-order valence-electron chi connectivity index (χ4n) is 2.44. The predicted molar refractivity (Wildman–Crippen MR) is 86.6 cm³/mol. The number of hydrogen-bond donors (Lipinski definition) is 0. The number of amides is 1. The van der Waals surface area contributed by atoms with Crippen molar-refractivity contribution >= 4 is 33.5 Å². The third kappa shape index (κ3) is 3.59. The number of ether oxygens (including phenoxy) is 1. The van der Waals surface area contributed by atoms with Crippen molar-refractivity contribution in [1.82, 2.24) is 0 Å². The lowest BCUT2D eigenvalue weighted by molar-refractivity contribution is -0.139. The molecule has 118 valence electrons. The molecule has 1 aliphatic heterocycles. The van der Waals surface area contributed by atoms with Gasteiger partial charge in [0.1, 0.15) is 11.6 Å². The Morgan fingerprint density at radius 1 is 1.13 bits per heavy atom. The molecule has 4 nitrogen and oxygen atoms in total. The van der Waals surface area contributed by atoms with Gasteiger partial charge in [0.15, 0.2) is 0 Å². The fraction of sp³-hybridized carbons (Fsp3) is 0.176. The van der Waals surface area contributed by atoms with Gasteiger partial charge in [0, 0.05) is 23.1 Å². The minimum atomic E-state index is -0.531. The highest BCUT2D eigenvalue weighted by molar-refractivity contribution is 9.10. The van der Waals surface area contributed by atoms with E-state index in [0.29, 0.717) is 11.4 Å². The molecule has 1 saturated heterocycles. The fourth-order valence-corrected chi connectivity index (χ4v) is 2.70. The van der Waals surface area contributed by atoms with Crippen LogP contribution >= 0.6 is 15.9 Å². The van der Waals surface area contributed by atoms with Crippen LogP contribution in [0.15, 0.2) is 53.0 Å². The largest absolute Gasteiger partial charge is 0.426 e. The summed E-state index contributed by atoms with van der Waals surface area (Å²) >= 11 is 3.31. The zero-order valence-corrected chi connectivity index (χ0v) is 13.6. The molecule has 0 unspecified atom stereocenters. The molecule has 23 heavy (non-hydrogen) atoms. The van der Waals surface area contributed by atoms with E-state index in [2.05, 4.69) is 15.9 Å². The quantitative estimate of drug-likeness (QED) is 0.606. The van der Waals surface area contributed by atoms with Gasteiger partial charge in [-0.15, -0.1) is 0 Å². The molecule has 0 aromatic heterocycles. The van der Waals surface area contributed by atoms with Crippen LogP contribution in [0.1, 0.15) is 6.42 Å². The lowest BCUT2D eigenvalue weighted by Crippen LogP contribution is -2.27. The number of halogens is 2. The third-order valence-electron chi connectivity index (χ3n) is 3.63. The third-order valence-corrected chi connectivity index (χ3v) is 4.16. The number of anilines is 1. The van der Waals surface area contributed by atoms with E-state index in [1.54, 1.807) is 24.3 Å². The first kappa shape index (κ1) is 15.7. The maximum atomic E-state index is 13.0. The molecule has 0 radical (unpaired) electrons. The van der Waals surface area contributed by atoms with Crippen molar-refractivity contribution in [2.75, 3.05) is 11.4 Å². The Hall–Kier alpha value is -2.21. The second-order valence-corrected chi connectivity index (χ2v) is 6.17. The smallest absolute Gasteiger partial charge is 0.316 e. The maximum Gasteiger partial charge on any atom is 0.316 e. The molecule has 0 saturated carbocycles. The maximum absolute atomic E-state index is 13.0. The molecule has 0 N–H and O–H groups in total. The molecule has 2 aromatic rings. The Kier molecular flexibility index (Phi) is 4.43. The highest BCUT2D eigenvalue weighted by Gasteiger charge is 2.36. The first-order chi connectivity index (χ1) is 11.0. The van der Waals surface area contributed by atoms with Crippen LogP contribution in [-0.4, -0.2) is 18.4 Å². The van der Waals surface area contributed by atoms with E-state index in [1.807, 2.05) is 0 Å². The summed E-state index contributed by atoms with van der Waals surface area (Å²) < 4.78 is 19.2. The number of rotatable bonds is 3. The van der Waals surface area contributed by atoms with Gasteiger partial charge in [-0.05, 0) is 48.5 Å². The van der Waals surface area contributed by atoms with Gasteiger partial charge in [0.25, 0.3) is 0 Å². The van der Waals surface area contributed by atoms with Crippen LogP contribution in [0.3, 0.4) is 0 Å². The summed E-state index contributed by atoms with van der Waals surface area (Å²) in [4.78, 5) is 25.8. The van der Waals surface area contributed by atoms with E-state index >= 15 is 0 Å². The van der Waals surface area contributed by atoms with E-state index in [4.69, 9.17) is 4.74 Å². The number of benzene rings is 2. The molecule has 0 spiro atoms. The average Bonchev–Trinajstić information content (AvgIpc) is 2.92. The number of hydrogen-bond acceptors (Lipinski definition) is 3. The number of esters is 1. The first-order valence-electron chi connectivity index (χ1n) is 7.06. The molecule has 6 heteroatoms. The van der Waals surface area contributed by atoms with Gasteiger partial charge in [-0.3, -0.25) is 9.59 Å². The standard InChI is InChI=1S/C17H13BrFNO3/c18-12-1-7-15(8-2-12)23-17(22)11-9-16(21)20(10-11)14-5-3-13(19)4-6-14/h1-8,11H,9-10H2/t11-/m1/s1. The van der Waals surface area contributed by atoms with Gasteiger partial charge in [0.2, 0.25) is 5.91 Å². The summed E-state index contributed by atoms with van der Waals surface area (Å²) in [6, 6.07) is 12.5. The minimum Gasteiger partial charge on any atom is -0.426 e. The van der Waals surface area contributed by atoms with Crippen LogP contribution in [0.4, 0.5) is 10.1 Å². The summed E-state index contributed by atoms with van der Waals surface area (Å²) in [7, 11) is 0. The van der Waals surface area contributed by atoms with E-state index in [9.17, 15) is 14.0 Å². The lowest BCUT2D eigenvalue weighted by atomic mass is 10.1. The van der Waals surface area contributed by atoms with E-state index < -0.39 is 11.9 Å². The predicted octanol–water partition coefficient (Wildman–Crippen LogP) is 3.55. The Labute approximate surface area is 141 Å². The van der Waals surface area contributed by atoms with Crippen LogP contribution < -0.4 is 9.64 Å². The molecule has 0 bridgehead atoms. The normalized spacial score (nSPS) is 17.4. The van der Waals surface area contributed by atoms with Crippen LogP contribution in [0.5, 0.6) is 5.75 Å². The van der Waals surface area contributed by atoms with Crippen LogP contribution in [0.2, 0.25) is 0 Å². The van der Waals surface area contributed by atoms with Crippen molar-refractivity contribution < 1.29 is 18.7 Å². The van der Waals surface area contributed by atoms with Crippen molar-refractivity contribution in [3.05, 3.63) is 58.8 Å². The zero-order chi connectivity index (χ0) is 16.4. The van der Waals surface area contributed by atoms with Crippen LogP contribution in [0, 0.1) is 11.7 Å². The molecule has 1 atom stereocenters. The Bertz CT molecular complexity index is 731. The Morgan fingerprint density at radius 2 is 1.78 bits per heavy atom. The summed E-state index contributed by atoms with van der Waals surface area (Å²) in [6.45, 7) is 0.236. The van der Waals surface area contributed by atoms with E-state index in [-0.39, 0.29) is 24.7 Å². The minimum absolute atomic E-state index is 0.0900. The van der Waals surface area contributed by atoms with Crippen molar-refractivity contribution in [1.29, 1.82) is 0 Å². The van der Waals surface area contributed by atoms with Gasteiger partial charge in [-0.2, -0.15) is 0 Å². The molecule has 1 amide bonds. The Balaban J connectivity index is 1.68. The van der Waals surface area contributed by atoms with E-state index in [0.717, 1.165) is 4.47 Å². The number of nitrogens with zero attached hydrogens (tertiary/aromatic N) is 1. The van der Waals surface area contributed by atoms with Gasteiger partial charge < -0.3 is 9.64 Å². The molecule has 1 fully saturated rings. The molecular formula is C17H13BrFNO3. The van der Waals surface area contributed by atoms with Gasteiger partial charge in [0.05, 0.1) is 5.92 Å². The Morgan fingerprint density at radius 3 is 2.43 bits per heavy atom. The van der Waals surface area contributed by atoms with Crippen molar-refractivity contribution in [3.8, 4) is 5.75 Å². The molecular weight excluding hydrogens is 365 g/mol. The number of carbonyl (C=O) groups is 2. The summed E-state index contributed by atoms with van der Waals surface area (Å²) in [6.07, 6.45) is 0.0900. The molecule has 2 aromatic carbocycles. The highest BCUT2D eigenvalue weighted by atomic mass is 79.9. The summed E-state index contributed by atoms with van der Waals surface area (Å²) in [5, 5.41) is 0. The highest BCUT2D eigenvalue weighted by Crippen LogP contribution is 2.27. The van der Waals surface area contributed by atoms with Crippen molar-refractivity contribution in [2.24, 2.45) is 5.92 Å². The second-order valence-electron chi connectivity index (χ2n) is 5.26. The summed E-state index contributed by atoms with van der Waals surface area (Å²) in [5.41, 5.74) is 0.579. The van der Waals surface area contributed by atoms with Crippen LogP contribution in [-0.2, 0) is 9.59 Å². The molecule has 1 heterocycles. The lowest BCUT2D eigenvalue weighted by Gasteiger charge is -2.16. The first-order valence-corrected chi connectivity index (χ1v) is 7.85. The van der Waals surface area contributed by atoms with Gasteiger partial charge >= 0.3 is 5.97 Å². The average molecular weight is 378 g/mol. The van der Waals surface area contributed by atoms with E-state index in [1.165, 1.54) is 29.2 Å². The van der Waals surface area contributed by atoms with Gasteiger partial charge in [-0.1, -0.05) is 15.9 Å². The topological polar surface area (TPSA) is 46.6 Å². The van der Waals surface area contributed by atoms with Crippen LogP contribution in [0.25, 0.3) is 0 Å². The van der Waals surface area contributed by atoms with Crippen molar-refractivity contribution in [2.45, 2.75) is 6.42 Å². The zero-order valence-electron chi connectivity index (χ0n) is 12.0. The van der Waals surface area contributed by atoms with Gasteiger partial charge in [-0.25, -0.2) is 4.39 Å². The second kappa shape index (κ2) is 6.50.